The van der Waals surface area contributed by atoms with Crippen LogP contribution in [0.4, 0.5) is 17.1 Å². The lowest BCUT2D eigenvalue weighted by atomic mass is 10.3. The number of nitro benzene ring substituents is 1. The van der Waals surface area contributed by atoms with Gasteiger partial charge in [-0.3, -0.25) is 24.6 Å². The molecule has 0 saturated heterocycles. The van der Waals surface area contributed by atoms with Crippen LogP contribution in [0.15, 0.2) is 48.5 Å². The van der Waals surface area contributed by atoms with Crippen molar-refractivity contribution < 1.29 is 19.2 Å². The molecular weight excluding hydrogens is 352 g/mol. The van der Waals surface area contributed by atoms with Crippen LogP contribution in [-0.4, -0.2) is 48.9 Å². The van der Waals surface area contributed by atoms with E-state index in [0.29, 0.717) is 17.1 Å². The van der Waals surface area contributed by atoms with E-state index in [2.05, 4.69) is 10.6 Å². The van der Waals surface area contributed by atoms with Crippen molar-refractivity contribution in [1.82, 2.24) is 4.90 Å². The SMILES string of the molecule is COc1ccc(NC(=O)CN(C)CC(=O)Nc2cccc([N+](=O)[O-])c2)cc1. The van der Waals surface area contributed by atoms with E-state index in [1.165, 1.54) is 23.1 Å². The summed E-state index contributed by atoms with van der Waals surface area (Å²) < 4.78 is 5.05. The van der Waals surface area contributed by atoms with E-state index >= 15 is 0 Å². The third-order valence-electron chi connectivity index (χ3n) is 3.54. The zero-order valence-electron chi connectivity index (χ0n) is 15.0. The van der Waals surface area contributed by atoms with Gasteiger partial charge in [0.05, 0.1) is 25.1 Å². The number of hydrogen-bond acceptors (Lipinski definition) is 6. The topological polar surface area (TPSA) is 114 Å². The van der Waals surface area contributed by atoms with E-state index in [4.69, 9.17) is 4.74 Å². The molecule has 0 aliphatic rings. The summed E-state index contributed by atoms with van der Waals surface area (Å²) in [4.78, 5) is 35.8. The highest BCUT2D eigenvalue weighted by atomic mass is 16.6. The van der Waals surface area contributed by atoms with E-state index in [1.54, 1.807) is 44.5 Å². The van der Waals surface area contributed by atoms with Gasteiger partial charge in [-0.05, 0) is 37.4 Å². The molecular formula is C18H20N4O5. The van der Waals surface area contributed by atoms with Gasteiger partial charge in [0, 0.05) is 23.5 Å². The number of likely N-dealkylation sites (N-methyl/N-ethyl adjacent to an activating group) is 1. The summed E-state index contributed by atoms with van der Waals surface area (Å²) in [6, 6.07) is 12.5. The number of carbonyl (C=O) groups excluding carboxylic acids is 2. The number of nitrogens with one attached hydrogen (secondary N) is 2. The van der Waals surface area contributed by atoms with Crippen LogP contribution in [-0.2, 0) is 9.59 Å². The molecule has 2 amide bonds. The lowest BCUT2D eigenvalue weighted by Crippen LogP contribution is -2.36. The fraction of sp³-hybridized carbons (Fsp3) is 0.222. The minimum Gasteiger partial charge on any atom is -0.497 e. The lowest BCUT2D eigenvalue weighted by Gasteiger charge is -2.16. The van der Waals surface area contributed by atoms with Crippen molar-refractivity contribution in [3.63, 3.8) is 0 Å². The molecule has 2 aromatic rings. The smallest absolute Gasteiger partial charge is 0.271 e. The van der Waals surface area contributed by atoms with Crippen molar-refractivity contribution in [2.75, 3.05) is 37.9 Å². The van der Waals surface area contributed by atoms with Crippen molar-refractivity contribution in [2.45, 2.75) is 0 Å². The van der Waals surface area contributed by atoms with Crippen LogP contribution < -0.4 is 15.4 Å². The Hall–Kier alpha value is -3.46. The Kier molecular flexibility index (Phi) is 6.84. The predicted octanol–water partition coefficient (Wildman–Crippen LogP) is 2.11. The van der Waals surface area contributed by atoms with Crippen LogP contribution in [0.25, 0.3) is 0 Å². The molecule has 0 bridgehead atoms. The maximum Gasteiger partial charge on any atom is 0.271 e. The molecule has 0 saturated carbocycles. The molecule has 2 rings (SSSR count). The molecule has 0 atom stereocenters. The van der Waals surface area contributed by atoms with Crippen molar-refractivity contribution in [2.24, 2.45) is 0 Å². The maximum absolute atomic E-state index is 12.0. The Balaban J connectivity index is 1.82. The summed E-state index contributed by atoms with van der Waals surface area (Å²) in [7, 11) is 3.18. The van der Waals surface area contributed by atoms with Gasteiger partial charge in [0.15, 0.2) is 0 Å². The minimum atomic E-state index is -0.536. The number of anilines is 2. The number of nitro groups is 1. The van der Waals surface area contributed by atoms with Gasteiger partial charge in [-0.15, -0.1) is 0 Å². The number of methoxy groups -OCH3 is 1. The minimum absolute atomic E-state index is 0.00832. The van der Waals surface area contributed by atoms with E-state index < -0.39 is 4.92 Å². The van der Waals surface area contributed by atoms with E-state index in [0.717, 1.165) is 0 Å². The third-order valence-corrected chi connectivity index (χ3v) is 3.54. The Morgan fingerprint density at radius 1 is 1.04 bits per heavy atom. The molecule has 0 aliphatic heterocycles. The predicted molar refractivity (Wildman–Crippen MR) is 101 cm³/mol. The molecule has 27 heavy (non-hydrogen) atoms. The highest BCUT2D eigenvalue weighted by Crippen LogP contribution is 2.17. The van der Waals surface area contributed by atoms with Gasteiger partial charge >= 0.3 is 0 Å². The number of amides is 2. The molecule has 0 radical (unpaired) electrons. The first-order valence-corrected chi connectivity index (χ1v) is 8.04. The van der Waals surface area contributed by atoms with E-state index in [1.807, 2.05) is 0 Å². The van der Waals surface area contributed by atoms with Crippen molar-refractivity contribution in [3.05, 3.63) is 58.6 Å². The molecule has 142 valence electrons. The summed E-state index contributed by atoms with van der Waals surface area (Å²) in [6.07, 6.45) is 0. The molecule has 0 aromatic heterocycles. The normalized spacial score (nSPS) is 10.3. The second-order valence-electron chi connectivity index (χ2n) is 5.80. The monoisotopic (exact) mass is 372 g/mol. The summed E-state index contributed by atoms with van der Waals surface area (Å²) in [5.74, 6) is 0.0315. The average molecular weight is 372 g/mol. The largest absolute Gasteiger partial charge is 0.497 e. The Labute approximate surface area is 156 Å². The zero-order chi connectivity index (χ0) is 19.8. The van der Waals surface area contributed by atoms with Crippen LogP contribution in [0, 0.1) is 10.1 Å². The van der Waals surface area contributed by atoms with Crippen LogP contribution in [0.3, 0.4) is 0 Å². The number of carbonyl (C=O) groups is 2. The Morgan fingerprint density at radius 3 is 2.19 bits per heavy atom. The molecule has 9 nitrogen and oxygen atoms in total. The van der Waals surface area contributed by atoms with E-state index in [-0.39, 0.29) is 30.6 Å². The molecule has 0 heterocycles. The number of hydrogen-bond donors (Lipinski definition) is 2. The van der Waals surface area contributed by atoms with Crippen LogP contribution in [0.1, 0.15) is 0 Å². The second-order valence-corrected chi connectivity index (χ2v) is 5.80. The number of ether oxygens (including phenoxy) is 1. The fourth-order valence-corrected chi connectivity index (χ4v) is 2.32. The van der Waals surface area contributed by atoms with Gasteiger partial charge in [-0.2, -0.15) is 0 Å². The molecule has 0 aliphatic carbocycles. The van der Waals surface area contributed by atoms with E-state index in [9.17, 15) is 19.7 Å². The lowest BCUT2D eigenvalue weighted by molar-refractivity contribution is -0.384. The fourth-order valence-electron chi connectivity index (χ4n) is 2.32. The summed E-state index contributed by atoms with van der Waals surface area (Å²) in [6.45, 7) is -0.0346. The van der Waals surface area contributed by atoms with Crippen molar-refractivity contribution in [3.8, 4) is 5.75 Å². The summed E-state index contributed by atoms with van der Waals surface area (Å²) in [5, 5.41) is 16.1. The van der Waals surface area contributed by atoms with Gasteiger partial charge in [-0.25, -0.2) is 0 Å². The van der Waals surface area contributed by atoms with Crippen molar-refractivity contribution >= 4 is 28.9 Å². The maximum atomic E-state index is 12.0. The van der Waals surface area contributed by atoms with Crippen LogP contribution in [0.5, 0.6) is 5.75 Å². The first kappa shape index (κ1) is 19.9. The number of non-ortho nitro benzene ring substituents is 1. The van der Waals surface area contributed by atoms with Crippen LogP contribution >= 0.6 is 0 Å². The number of benzene rings is 2. The highest BCUT2D eigenvalue weighted by Gasteiger charge is 2.13. The quantitative estimate of drug-likeness (QED) is 0.542. The van der Waals surface area contributed by atoms with Gasteiger partial charge in [-0.1, -0.05) is 6.07 Å². The zero-order valence-corrected chi connectivity index (χ0v) is 15.0. The number of rotatable bonds is 8. The standard InChI is InChI=1S/C18H20N4O5/c1-21(11-17(23)19-13-6-8-16(27-2)9-7-13)12-18(24)20-14-4-3-5-15(10-14)22(25)26/h3-10H,11-12H2,1-2H3,(H,19,23)(H,20,24). The molecule has 2 N–H and O–H groups in total. The number of nitrogens with zero attached hydrogens (tertiary/aromatic N) is 2. The molecule has 9 heteroatoms. The summed E-state index contributed by atoms with van der Waals surface area (Å²) >= 11 is 0. The Morgan fingerprint density at radius 2 is 1.63 bits per heavy atom. The highest BCUT2D eigenvalue weighted by molar-refractivity contribution is 5.94. The van der Waals surface area contributed by atoms with Crippen molar-refractivity contribution in [1.29, 1.82) is 0 Å². The molecule has 0 fully saturated rings. The van der Waals surface area contributed by atoms with Gasteiger partial charge in [0.25, 0.3) is 5.69 Å². The Bertz CT molecular complexity index is 823. The van der Waals surface area contributed by atoms with Gasteiger partial charge in [0.2, 0.25) is 11.8 Å². The van der Waals surface area contributed by atoms with Crippen LogP contribution in [0.2, 0.25) is 0 Å². The van der Waals surface area contributed by atoms with Gasteiger partial charge in [0.1, 0.15) is 5.75 Å². The first-order chi connectivity index (χ1) is 12.9. The first-order valence-electron chi connectivity index (χ1n) is 8.04. The molecule has 0 unspecified atom stereocenters. The second kappa shape index (κ2) is 9.30. The third kappa shape index (κ3) is 6.40. The van der Waals surface area contributed by atoms with Gasteiger partial charge < -0.3 is 15.4 Å². The molecule has 2 aromatic carbocycles. The average Bonchev–Trinajstić information content (AvgIpc) is 2.62. The molecule has 0 spiro atoms. The summed E-state index contributed by atoms with van der Waals surface area (Å²) in [5.41, 5.74) is 0.834.